The molecule has 136 valence electrons. The van der Waals surface area contributed by atoms with Gasteiger partial charge < -0.3 is 10.1 Å². The van der Waals surface area contributed by atoms with Crippen molar-refractivity contribution < 1.29 is 9.53 Å². The number of amides is 1. The molecule has 0 heterocycles. The van der Waals surface area contributed by atoms with Gasteiger partial charge in [-0.1, -0.05) is 30.3 Å². The second kappa shape index (κ2) is 8.76. The predicted octanol–water partition coefficient (Wildman–Crippen LogP) is 5.82. The average molecular weight is 359 g/mol. The number of anilines is 1. The normalized spacial score (nSPS) is 11.9. The van der Waals surface area contributed by atoms with E-state index in [0.29, 0.717) is 17.1 Å². The van der Waals surface area contributed by atoms with E-state index in [0.717, 1.165) is 11.3 Å². The topological polar surface area (TPSA) is 63.0 Å². The minimum absolute atomic E-state index is 0.213. The Balaban J connectivity index is 1.57. The third-order valence-corrected chi connectivity index (χ3v) is 3.84. The van der Waals surface area contributed by atoms with Crippen molar-refractivity contribution >= 4 is 23.0 Å². The highest BCUT2D eigenvalue weighted by Gasteiger charge is 2.14. The molecule has 3 aromatic carbocycles. The number of aryl methyl sites for hydroxylation is 1. The Morgan fingerprint density at radius 3 is 2.22 bits per heavy atom. The molecule has 3 aromatic rings. The first kappa shape index (κ1) is 18.3. The Morgan fingerprint density at radius 1 is 0.889 bits per heavy atom. The van der Waals surface area contributed by atoms with Crippen LogP contribution in [-0.2, 0) is 4.79 Å². The number of carbonyl (C=O) groups excluding carboxylic acids is 1. The third kappa shape index (κ3) is 5.51. The van der Waals surface area contributed by atoms with Crippen LogP contribution in [0.1, 0.15) is 12.5 Å². The lowest BCUT2D eigenvalue weighted by molar-refractivity contribution is -0.122. The maximum Gasteiger partial charge on any atom is 0.265 e. The van der Waals surface area contributed by atoms with Gasteiger partial charge in [0.1, 0.15) is 5.75 Å². The number of azo groups is 1. The molecular weight excluding hydrogens is 338 g/mol. The summed E-state index contributed by atoms with van der Waals surface area (Å²) in [7, 11) is 0. The summed E-state index contributed by atoms with van der Waals surface area (Å²) in [6.07, 6.45) is -0.607. The fourth-order valence-corrected chi connectivity index (χ4v) is 2.41. The van der Waals surface area contributed by atoms with E-state index in [9.17, 15) is 4.79 Å². The lowest BCUT2D eigenvalue weighted by atomic mass is 10.2. The van der Waals surface area contributed by atoms with Gasteiger partial charge in [-0.15, -0.1) is 0 Å². The van der Waals surface area contributed by atoms with E-state index in [1.807, 2.05) is 61.5 Å². The van der Waals surface area contributed by atoms with Gasteiger partial charge in [-0.25, -0.2) is 0 Å². The summed E-state index contributed by atoms with van der Waals surface area (Å²) in [6.45, 7) is 3.70. The van der Waals surface area contributed by atoms with Gasteiger partial charge in [-0.05, 0) is 67.9 Å². The fraction of sp³-hybridized carbons (Fsp3) is 0.136. The van der Waals surface area contributed by atoms with Crippen LogP contribution in [-0.4, -0.2) is 12.0 Å². The highest BCUT2D eigenvalue weighted by Crippen LogP contribution is 2.20. The van der Waals surface area contributed by atoms with Crippen molar-refractivity contribution in [3.05, 3.63) is 84.4 Å². The zero-order valence-corrected chi connectivity index (χ0v) is 15.3. The molecule has 5 nitrogen and oxygen atoms in total. The zero-order valence-electron chi connectivity index (χ0n) is 15.3. The minimum Gasteiger partial charge on any atom is -0.481 e. The van der Waals surface area contributed by atoms with Gasteiger partial charge >= 0.3 is 0 Å². The largest absolute Gasteiger partial charge is 0.481 e. The molecule has 0 bridgehead atoms. The molecular formula is C22H21N3O2. The minimum atomic E-state index is -0.607. The van der Waals surface area contributed by atoms with Crippen molar-refractivity contribution in [3.63, 3.8) is 0 Å². The van der Waals surface area contributed by atoms with Crippen molar-refractivity contribution in [2.24, 2.45) is 10.2 Å². The van der Waals surface area contributed by atoms with E-state index in [1.54, 1.807) is 31.2 Å². The first-order valence-electron chi connectivity index (χ1n) is 8.71. The van der Waals surface area contributed by atoms with Crippen molar-refractivity contribution in [1.82, 2.24) is 0 Å². The number of rotatable bonds is 6. The van der Waals surface area contributed by atoms with Gasteiger partial charge in [0.05, 0.1) is 11.4 Å². The smallest absolute Gasteiger partial charge is 0.265 e. The van der Waals surface area contributed by atoms with E-state index in [4.69, 9.17) is 4.74 Å². The quantitative estimate of drug-likeness (QED) is 0.564. The first-order valence-corrected chi connectivity index (χ1v) is 8.71. The van der Waals surface area contributed by atoms with E-state index in [1.165, 1.54) is 0 Å². The van der Waals surface area contributed by atoms with Gasteiger partial charge in [-0.3, -0.25) is 4.79 Å². The van der Waals surface area contributed by atoms with Crippen LogP contribution in [0.25, 0.3) is 0 Å². The number of ether oxygens (including phenoxy) is 1. The predicted molar refractivity (Wildman–Crippen MR) is 107 cm³/mol. The molecule has 1 atom stereocenters. The van der Waals surface area contributed by atoms with Crippen LogP contribution in [0.5, 0.6) is 5.75 Å². The molecule has 0 saturated heterocycles. The lowest BCUT2D eigenvalue weighted by Crippen LogP contribution is -2.30. The van der Waals surface area contributed by atoms with Crippen LogP contribution in [0, 0.1) is 6.92 Å². The molecule has 1 unspecified atom stereocenters. The molecule has 0 saturated carbocycles. The van der Waals surface area contributed by atoms with Gasteiger partial charge in [0, 0.05) is 5.69 Å². The summed E-state index contributed by atoms with van der Waals surface area (Å²) in [4.78, 5) is 12.3. The van der Waals surface area contributed by atoms with E-state index in [2.05, 4.69) is 15.5 Å². The van der Waals surface area contributed by atoms with E-state index in [-0.39, 0.29) is 5.91 Å². The summed E-state index contributed by atoms with van der Waals surface area (Å²) < 4.78 is 5.69. The van der Waals surface area contributed by atoms with Crippen LogP contribution >= 0.6 is 0 Å². The van der Waals surface area contributed by atoms with E-state index >= 15 is 0 Å². The first-order chi connectivity index (χ1) is 13.1. The number of benzene rings is 3. The average Bonchev–Trinajstić information content (AvgIpc) is 2.68. The number of hydrogen-bond donors (Lipinski definition) is 1. The van der Waals surface area contributed by atoms with Crippen molar-refractivity contribution in [3.8, 4) is 5.75 Å². The molecule has 0 spiro atoms. The summed E-state index contributed by atoms with van der Waals surface area (Å²) in [5, 5.41) is 11.2. The monoisotopic (exact) mass is 359 g/mol. The van der Waals surface area contributed by atoms with Crippen molar-refractivity contribution in [2.75, 3.05) is 5.32 Å². The van der Waals surface area contributed by atoms with Gasteiger partial charge in [0.2, 0.25) is 0 Å². The van der Waals surface area contributed by atoms with Crippen LogP contribution < -0.4 is 10.1 Å². The lowest BCUT2D eigenvalue weighted by Gasteiger charge is -2.15. The second-order valence-corrected chi connectivity index (χ2v) is 6.15. The number of nitrogens with zero attached hydrogens (tertiary/aromatic N) is 2. The van der Waals surface area contributed by atoms with Crippen LogP contribution in [0.3, 0.4) is 0 Å². The Morgan fingerprint density at radius 2 is 1.56 bits per heavy atom. The van der Waals surface area contributed by atoms with Crippen LogP contribution in [0.2, 0.25) is 0 Å². The molecule has 0 fully saturated rings. The number of hydrogen-bond acceptors (Lipinski definition) is 4. The highest BCUT2D eigenvalue weighted by molar-refractivity contribution is 5.94. The Labute approximate surface area is 158 Å². The Kier molecular flexibility index (Phi) is 5.94. The molecule has 0 aliphatic heterocycles. The van der Waals surface area contributed by atoms with Crippen LogP contribution in [0.4, 0.5) is 17.1 Å². The van der Waals surface area contributed by atoms with Gasteiger partial charge in [0.15, 0.2) is 6.10 Å². The molecule has 1 N–H and O–H groups in total. The number of carbonyl (C=O) groups is 1. The molecule has 0 aliphatic carbocycles. The van der Waals surface area contributed by atoms with Crippen molar-refractivity contribution in [1.29, 1.82) is 0 Å². The summed E-state index contributed by atoms with van der Waals surface area (Å²) in [5.41, 5.74) is 3.26. The van der Waals surface area contributed by atoms with Gasteiger partial charge in [-0.2, -0.15) is 10.2 Å². The van der Waals surface area contributed by atoms with Gasteiger partial charge in [0.25, 0.3) is 5.91 Å². The second-order valence-electron chi connectivity index (χ2n) is 6.15. The molecule has 0 aromatic heterocycles. The standard InChI is InChI=1S/C22H21N3O2/c1-16-7-6-10-21(15-16)27-17(2)22(26)23-18-11-13-20(14-12-18)25-24-19-8-4-3-5-9-19/h3-15,17H,1-2H3,(H,23,26). The molecule has 0 radical (unpaired) electrons. The zero-order chi connectivity index (χ0) is 19.1. The SMILES string of the molecule is Cc1cccc(OC(C)C(=O)Nc2ccc(N=Nc3ccccc3)cc2)c1. The summed E-state index contributed by atoms with van der Waals surface area (Å²) in [6, 6.07) is 24.3. The molecule has 0 aliphatic rings. The fourth-order valence-electron chi connectivity index (χ4n) is 2.41. The maximum atomic E-state index is 12.3. The maximum absolute atomic E-state index is 12.3. The molecule has 27 heavy (non-hydrogen) atoms. The Hall–Kier alpha value is -3.47. The number of nitrogens with one attached hydrogen (secondary N) is 1. The summed E-state index contributed by atoms with van der Waals surface area (Å²) in [5.74, 6) is 0.462. The molecule has 5 heteroatoms. The molecule has 1 amide bonds. The molecule has 3 rings (SSSR count). The highest BCUT2D eigenvalue weighted by atomic mass is 16.5. The van der Waals surface area contributed by atoms with Crippen molar-refractivity contribution in [2.45, 2.75) is 20.0 Å². The van der Waals surface area contributed by atoms with Crippen LogP contribution in [0.15, 0.2) is 89.1 Å². The summed E-state index contributed by atoms with van der Waals surface area (Å²) >= 11 is 0. The third-order valence-electron chi connectivity index (χ3n) is 3.84. The Bertz CT molecular complexity index is 922. The van der Waals surface area contributed by atoms with E-state index < -0.39 is 6.10 Å².